The number of anilines is 2. The summed E-state index contributed by atoms with van der Waals surface area (Å²) in [6.07, 6.45) is -0.630. The van der Waals surface area contributed by atoms with E-state index in [0.717, 1.165) is 17.3 Å². The topological polar surface area (TPSA) is 85.6 Å². The fraction of sp³-hybridized carbons (Fsp3) is 0.385. The standard InChI is InChI=1S/C13H19N3O3S2/c1-3-19-6-7-21-9-4-5-11(10(14)8-9)15-12(20)16-13(17)18-2/h4-5,8H,3,6-7,14H2,1-2H3,(H2,15,16,17,20). The Bertz CT molecular complexity index is 498. The van der Waals surface area contributed by atoms with E-state index in [0.29, 0.717) is 18.0 Å². The van der Waals surface area contributed by atoms with Gasteiger partial charge in [0.15, 0.2) is 5.11 Å². The summed E-state index contributed by atoms with van der Waals surface area (Å²) in [6.45, 7) is 3.39. The van der Waals surface area contributed by atoms with Crippen molar-refractivity contribution >= 4 is 46.6 Å². The molecule has 0 unspecified atom stereocenters. The Labute approximate surface area is 133 Å². The highest BCUT2D eigenvalue weighted by Gasteiger charge is 2.06. The molecule has 0 saturated carbocycles. The van der Waals surface area contributed by atoms with Crippen molar-refractivity contribution in [2.45, 2.75) is 11.8 Å². The number of hydrogen-bond donors (Lipinski definition) is 3. The number of nitrogen functional groups attached to an aromatic ring is 1. The van der Waals surface area contributed by atoms with Crippen LogP contribution in [0.1, 0.15) is 6.92 Å². The van der Waals surface area contributed by atoms with E-state index < -0.39 is 6.09 Å². The van der Waals surface area contributed by atoms with E-state index in [4.69, 9.17) is 22.7 Å². The molecule has 1 aromatic rings. The molecule has 0 aliphatic rings. The third kappa shape index (κ3) is 6.65. The van der Waals surface area contributed by atoms with Gasteiger partial charge in [0.25, 0.3) is 0 Å². The predicted molar refractivity (Wildman–Crippen MR) is 89.8 cm³/mol. The Morgan fingerprint density at radius 3 is 2.86 bits per heavy atom. The second-order valence-corrected chi connectivity index (χ2v) is 5.44. The first kappa shape index (κ1) is 17.5. The number of thioether (sulfide) groups is 1. The second-order valence-electron chi connectivity index (χ2n) is 3.87. The molecule has 116 valence electrons. The first-order valence-corrected chi connectivity index (χ1v) is 7.72. The van der Waals surface area contributed by atoms with Crippen LogP contribution in [0, 0.1) is 0 Å². The quantitative estimate of drug-likeness (QED) is 0.320. The monoisotopic (exact) mass is 329 g/mol. The van der Waals surface area contributed by atoms with Gasteiger partial charge in [0.2, 0.25) is 0 Å². The van der Waals surface area contributed by atoms with Crippen LogP contribution in [0.15, 0.2) is 23.1 Å². The van der Waals surface area contributed by atoms with Crippen LogP contribution in [-0.2, 0) is 9.47 Å². The molecule has 0 aliphatic heterocycles. The minimum Gasteiger partial charge on any atom is -0.453 e. The lowest BCUT2D eigenvalue weighted by atomic mass is 10.3. The van der Waals surface area contributed by atoms with Crippen LogP contribution in [0.2, 0.25) is 0 Å². The number of carbonyl (C=O) groups excluding carboxylic acids is 1. The minimum absolute atomic E-state index is 0.130. The number of rotatable bonds is 6. The average molecular weight is 329 g/mol. The van der Waals surface area contributed by atoms with Crippen LogP contribution >= 0.6 is 24.0 Å². The number of alkyl carbamates (subject to hydrolysis) is 1. The molecule has 1 aromatic carbocycles. The zero-order valence-electron chi connectivity index (χ0n) is 12.0. The van der Waals surface area contributed by atoms with Crippen LogP contribution in [0.4, 0.5) is 16.2 Å². The van der Waals surface area contributed by atoms with Crippen LogP contribution in [0.25, 0.3) is 0 Å². The molecule has 0 radical (unpaired) electrons. The zero-order chi connectivity index (χ0) is 15.7. The number of benzene rings is 1. The predicted octanol–water partition coefficient (Wildman–Crippen LogP) is 2.45. The maximum Gasteiger partial charge on any atom is 0.413 e. The lowest BCUT2D eigenvalue weighted by Crippen LogP contribution is -2.34. The van der Waals surface area contributed by atoms with Gasteiger partial charge in [-0.3, -0.25) is 5.32 Å². The fourth-order valence-electron chi connectivity index (χ4n) is 1.40. The van der Waals surface area contributed by atoms with Crippen molar-refractivity contribution in [2.75, 3.05) is 37.1 Å². The molecule has 8 heteroatoms. The molecule has 0 spiro atoms. The van der Waals surface area contributed by atoms with Gasteiger partial charge >= 0.3 is 6.09 Å². The number of hydrogen-bond acceptors (Lipinski definition) is 6. The van der Waals surface area contributed by atoms with Crippen LogP contribution in [0.3, 0.4) is 0 Å². The van der Waals surface area contributed by atoms with E-state index in [-0.39, 0.29) is 5.11 Å². The molecule has 4 N–H and O–H groups in total. The van der Waals surface area contributed by atoms with Crippen molar-refractivity contribution in [3.8, 4) is 0 Å². The summed E-state index contributed by atoms with van der Waals surface area (Å²) < 4.78 is 9.72. The SMILES string of the molecule is CCOCCSc1ccc(NC(=S)NC(=O)OC)c(N)c1. The van der Waals surface area contributed by atoms with Crippen LogP contribution < -0.4 is 16.4 Å². The summed E-state index contributed by atoms with van der Waals surface area (Å²) in [4.78, 5) is 12.1. The molecule has 0 heterocycles. The molecule has 0 fully saturated rings. The molecule has 0 atom stereocenters. The van der Waals surface area contributed by atoms with Crippen molar-refractivity contribution in [3.63, 3.8) is 0 Å². The smallest absolute Gasteiger partial charge is 0.413 e. The average Bonchev–Trinajstić information content (AvgIpc) is 2.46. The molecule has 0 aromatic heterocycles. The van der Waals surface area contributed by atoms with Gasteiger partial charge < -0.3 is 20.5 Å². The Balaban J connectivity index is 2.53. The molecule has 21 heavy (non-hydrogen) atoms. The van der Waals surface area contributed by atoms with E-state index in [2.05, 4.69) is 15.4 Å². The van der Waals surface area contributed by atoms with Crippen molar-refractivity contribution in [1.29, 1.82) is 0 Å². The Morgan fingerprint density at radius 2 is 2.24 bits per heavy atom. The second kappa shape index (κ2) is 9.43. The third-order valence-corrected chi connectivity index (χ3v) is 3.53. The summed E-state index contributed by atoms with van der Waals surface area (Å²) in [5.41, 5.74) is 7.13. The maximum absolute atomic E-state index is 11.0. The summed E-state index contributed by atoms with van der Waals surface area (Å²) >= 11 is 6.63. The molecule has 0 aliphatic carbocycles. The maximum atomic E-state index is 11.0. The number of nitrogens with two attached hydrogens (primary N) is 1. The number of carbonyl (C=O) groups is 1. The Morgan fingerprint density at radius 1 is 1.48 bits per heavy atom. The highest BCUT2D eigenvalue weighted by Crippen LogP contribution is 2.26. The summed E-state index contributed by atoms with van der Waals surface area (Å²) in [7, 11) is 1.26. The minimum atomic E-state index is -0.630. The molecular formula is C13H19N3O3S2. The number of thiocarbonyl (C=S) groups is 1. The van der Waals surface area contributed by atoms with Gasteiger partial charge in [-0.05, 0) is 37.3 Å². The van der Waals surface area contributed by atoms with Gasteiger partial charge in [0.1, 0.15) is 0 Å². The summed E-state index contributed by atoms with van der Waals surface area (Å²) in [6, 6.07) is 5.58. The molecule has 1 rings (SSSR count). The number of nitrogens with one attached hydrogen (secondary N) is 2. The number of methoxy groups -OCH3 is 1. The molecule has 1 amide bonds. The molecule has 0 saturated heterocycles. The lowest BCUT2D eigenvalue weighted by Gasteiger charge is -2.12. The number of ether oxygens (including phenoxy) is 2. The fourth-order valence-corrected chi connectivity index (χ4v) is 2.41. The van der Waals surface area contributed by atoms with Crippen molar-refractivity contribution in [2.24, 2.45) is 0 Å². The van der Waals surface area contributed by atoms with E-state index in [1.165, 1.54) is 7.11 Å². The molecule has 6 nitrogen and oxygen atoms in total. The van der Waals surface area contributed by atoms with Crippen molar-refractivity contribution in [1.82, 2.24) is 5.32 Å². The van der Waals surface area contributed by atoms with Crippen LogP contribution in [0.5, 0.6) is 0 Å². The largest absolute Gasteiger partial charge is 0.453 e. The van der Waals surface area contributed by atoms with Gasteiger partial charge in [-0.25, -0.2) is 4.79 Å². The van der Waals surface area contributed by atoms with E-state index in [1.807, 2.05) is 25.1 Å². The molecular weight excluding hydrogens is 310 g/mol. The van der Waals surface area contributed by atoms with E-state index in [9.17, 15) is 4.79 Å². The summed E-state index contributed by atoms with van der Waals surface area (Å²) in [5.74, 6) is 0.863. The van der Waals surface area contributed by atoms with Gasteiger partial charge in [-0.2, -0.15) is 0 Å². The van der Waals surface area contributed by atoms with Gasteiger partial charge in [0, 0.05) is 17.3 Å². The van der Waals surface area contributed by atoms with Crippen LogP contribution in [-0.4, -0.2) is 37.3 Å². The van der Waals surface area contributed by atoms with Gasteiger partial charge in [-0.1, -0.05) is 0 Å². The number of amides is 1. The third-order valence-electron chi connectivity index (χ3n) is 2.37. The Kier molecular flexibility index (Phi) is 7.88. The van der Waals surface area contributed by atoms with Gasteiger partial charge in [0.05, 0.1) is 25.1 Å². The normalized spacial score (nSPS) is 10.0. The first-order chi connectivity index (χ1) is 10.1. The van der Waals surface area contributed by atoms with E-state index in [1.54, 1.807) is 11.8 Å². The lowest BCUT2D eigenvalue weighted by molar-refractivity contribution is 0.164. The first-order valence-electron chi connectivity index (χ1n) is 6.32. The zero-order valence-corrected chi connectivity index (χ0v) is 13.6. The highest BCUT2D eigenvalue weighted by atomic mass is 32.2. The van der Waals surface area contributed by atoms with Crippen molar-refractivity contribution in [3.05, 3.63) is 18.2 Å². The molecule has 0 bridgehead atoms. The van der Waals surface area contributed by atoms with Gasteiger partial charge in [-0.15, -0.1) is 11.8 Å². The highest BCUT2D eigenvalue weighted by molar-refractivity contribution is 7.99. The Hall–Kier alpha value is -1.51. The van der Waals surface area contributed by atoms with Crippen molar-refractivity contribution < 1.29 is 14.3 Å². The summed E-state index contributed by atoms with van der Waals surface area (Å²) in [5, 5.41) is 5.32. The van der Waals surface area contributed by atoms with E-state index >= 15 is 0 Å².